The van der Waals surface area contributed by atoms with E-state index in [0.717, 1.165) is 25.7 Å². The van der Waals surface area contributed by atoms with Gasteiger partial charge in [0.05, 0.1) is 6.42 Å². The van der Waals surface area contributed by atoms with E-state index in [4.69, 9.17) is 5.11 Å². The van der Waals surface area contributed by atoms with Crippen LogP contribution in [-0.2, 0) is 16.0 Å². The molecule has 1 aliphatic carbocycles. The first-order valence-electron chi connectivity index (χ1n) is 9.54. The third-order valence-electron chi connectivity index (χ3n) is 4.91. The fraction of sp³-hybridized carbons (Fsp3) is 0.318. The third-order valence-corrected chi connectivity index (χ3v) is 4.91. The van der Waals surface area contributed by atoms with Crippen LogP contribution in [0, 0.1) is 5.92 Å². The van der Waals surface area contributed by atoms with Crippen LogP contribution < -0.4 is 10.6 Å². The Morgan fingerprint density at radius 3 is 2.29 bits per heavy atom. The second-order valence-electron chi connectivity index (χ2n) is 7.13. The first-order valence-corrected chi connectivity index (χ1v) is 9.54. The highest BCUT2D eigenvalue weighted by atomic mass is 16.4. The first kappa shape index (κ1) is 19.6. The zero-order valence-corrected chi connectivity index (χ0v) is 15.6. The molecule has 0 bridgehead atoms. The molecule has 0 aliphatic heterocycles. The van der Waals surface area contributed by atoms with E-state index in [0.29, 0.717) is 22.5 Å². The molecule has 0 saturated heterocycles. The van der Waals surface area contributed by atoms with Gasteiger partial charge in [0.1, 0.15) is 0 Å². The molecule has 146 valence electrons. The fourth-order valence-corrected chi connectivity index (χ4v) is 3.48. The van der Waals surface area contributed by atoms with Gasteiger partial charge in [-0.3, -0.25) is 14.4 Å². The van der Waals surface area contributed by atoms with E-state index in [2.05, 4.69) is 10.6 Å². The highest BCUT2D eigenvalue weighted by Crippen LogP contribution is 2.25. The van der Waals surface area contributed by atoms with Gasteiger partial charge in [0, 0.05) is 22.9 Å². The minimum Gasteiger partial charge on any atom is -0.481 e. The number of nitrogens with one attached hydrogen (secondary N) is 2. The molecule has 28 heavy (non-hydrogen) atoms. The number of benzene rings is 2. The molecule has 2 amide bonds. The average Bonchev–Trinajstić information content (AvgIpc) is 2.68. The summed E-state index contributed by atoms with van der Waals surface area (Å²) in [5, 5.41) is 14.6. The second kappa shape index (κ2) is 9.17. The van der Waals surface area contributed by atoms with Gasteiger partial charge in [-0.1, -0.05) is 37.5 Å². The Kier molecular flexibility index (Phi) is 6.42. The third kappa shape index (κ3) is 5.42. The molecule has 0 heterocycles. The molecule has 3 N–H and O–H groups in total. The molecule has 1 fully saturated rings. The molecule has 3 rings (SSSR count). The number of carboxylic acids is 1. The molecule has 1 aliphatic rings. The van der Waals surface area contributed by atoms with Crippen LogP contribution in [0.1, 0.15) is 48.0 Å². The number of carboxylic acid groups (broad SMARTS) is 1. The van der Waals surface area contributed by atoms with Crippen LogP contribution in [0.15, 0.2) is 48.5 Å². The van der Waals surface area contributed by atoms with E-state index < -0.39 is 5.97 Å². The number of amides is 2. The van der Waals surface area contributed by atoms with Crippen molar-refractivity contribution >= 4 is 29.2 Å². The molecule has 0 spiro atoms. The van der Waals surface area contributed by atoms with E-state index in [9.17, 15) is 14.4 Å². The summed E-state index contributed by atoms with van der Waals surface area (Å²) in [7, 11) is 0. The second-order valence-corrected chi connectivity index (χ2v) is 7.13. The van der Waals surface area contributed by atoms with E-state index in [1.807, 2.05) is 0 Å². The molecule has 0 aromatic heterocycles. The Morgan fingerprint density at radius 1 is 0.893 bits per heavy atom. The molecular formula is C22H24N2O4. The topological polar surface area (TPSA) is 95.5 Å². The smallest absolute Gasteiger partial charge is 0.307 e. The summed E-state index contributed by atoms with van der Waals surface area (Å²) < 4.78 is 0. The fourth-order valence-electron chi connectivity index (χ4n) is 3.48. The van der Waals surface area contributed by atoms with Crippen LogP contribution in [0.25, 0.3) is 0 Å². The van der Waals surface area contributed by atoms with Gasteiger partial charge < -0.3 is 15.7 Å². The maximum atomic E-state index is 12.5. The van der Waals surface area contributed by atoms with Crippen LogP contribution in [0.3, 0.4) is 0 Å². The van der Waals surface area contributed by atoms with Crippen molar-refractivity contribution < 1.29 is 19.5 Å². The minimum absolute atomic E-state index is 0.0126. The summed E-state index contributed by atoms with van der Waals surface area (Å²) in [6, 6.07) is 13.6. The maximum Gasteiger partial charge on any atom is 0.307 e. The Bertz CT molecular complexity index is 872. The number of hydrogen-bond donors (Lipinski definition) is 3. The molecule has 0 unspecified atom stereocenters. The van der Waals surface area contributed by atoms with Crippen LogP contribution in [-0.4, -0.2) is 22.9 Å². The van der Waals surface area contributed by atoms with Gasteiger partial charge in [-0.05, 0) is 48.7 Å². The zero-order valence-electron chi connectivity index (χ0n) is 15.6. The first-order chi connectivity index (χ1) is 13.5. The number of carbonyl (C=O) groups is 3. The number of aliphatic carboxylic acids is 1. The molecule has 6 heteroatoms. The number of anilines is 2. The van der Waals surface area contributed by atoms with Gasteiger partial charge in [0.2, 0.25) is 5.91 Å². The molecule has 2 aromatic carbocycles. The summed E-state index contributed by atoms with van der Waals surface area (Å²) >= 11 is 0. The maximum absolute atomic E-state index is 12.5. The molecular weight excluding hydrogens is 356 g/mol. The minimum atomic E-state index is -0.926. The van der Waals surface area contributed by atoms with Crippen molar-refractivity contribution in [1.29, 1.82) is 0 Å². The standard InChI is InChI=1S/C22H24N2O4/c25-20(26)13-15-6-4-10-18(12-15)23-22(28)17-9-5-11-19(14-17)24-21(27)16-7-2-1-3-8-16/h4-6,9-12,14,16H,1-3,7-8,13H2,(H,23,28)(H,24,27)(H,25,26). The normalized spacial score (nSPS) is 14.3. The van der Waals surface area contributed by atoms with Gasteiger partial charge in [-0.25, -0.2) is 0 Å². The summed E-state index contributed by atoms with van der Waals surface area (Å²) in [5.41, 5.74) is 2.16. The molecule has 6 nitrogen and oxygen atoms in total. The summed E-state index contributed by atoms with van der Waals surface area (Å²) in [5.74, 6) is -1.19. The Balaban J connectivity index is 1.65. The van der Waals surface area contributed by atoms with Crippen molar-refractivity contribution in [3.63, 3.8) is 0 Å². The quantitative estimate of drug-likeness (QED) is 0.703. The average molecular weight is 380 g/mol. The van der Waals surface area contributed by atoms with Crippen LogP contribution in [0.2, 0.25) is 0 Å². The predicted molar refractivity (Wildman–Crippen MR) is 107 cm³/mol. The van der Waals surface area contributed by atoms with Crippen molar-refractivity contribution in [2.75, 3.05) is 10.6 Å². The lowest BCUT2D eigenvalue weighted by molar-refractivity contribution is -0.136. The van der Waals surface area contributed by atoms with Gasteiger partial charge in [-0.2, -0.15) is 0 Å². The highest BCUT2D eigenvalue weighted by Gasteiger charge is 2.21. The van der Waals surface area contributed by atoms with E-state index in [1.165, 1.54) is 6.42 Å². The molecule has 1 saturated carbocycles. The molecule has 2 aromatic rings. The van der Waals surface area contributed by atoms with Crippen molar-refractivity contribution in [2.45, 2.75) is 38.5 Å². The monoisotopic (exact) mass is 380 g/mol. The summed E-state index contributed by atoms with van der Waals surface area (Å²) in [4.78, 5) is 35.8. The van der Waals surface area contributed by atoms with Crippen LogP contribution in [0.4, 0.5) is 11.4 Å². The van der Waals surface area contributed by atoms with Crippen molar-refractivity contribution in [3.8, 4) is 0 Å². The van der Waals surface area contributed by atoms with Gasteiger partial charge in [0.25, 0.3) is 5.91 Å². The number of rotatable bonds is 6. The zero-order chi connectivity index (χ0) is 19.9. The lowest BCUT2D eigenvalue weighted by Gasteiger charge is -2.20. The van der Waals surface area contributed by atoms with E-state index >= 15 is 0 Å². The van der Waals surface area contributed by atoms with Gasteiger partial charge >= 0.3 is 5.97 Å². The van der Waals surface area contributed by atoms with Gasteiger partial charge in [0.15, 0.2) is 0 Å². The SMILES string of the molecule is O=C(O)Cc1cccc(NC(=O)c2cccc(NC(=O)C3CCCCC3)c2)c1. The van der Waals surface area contributed by atoms with Crippen molar-refractivity contribution in [1.82, 2.24) is 0 Å². The van der Waals surface area contributed by atoms with E-state index in [1.54, 1.807) is 48.5 Å². The highest BCUT2D eigenvalue weighted by molar-refractivity contribution is 6.05. The van der Waals surface area contributed by atoms with Crippen molar-refractivity contribution in [3.05, 3.63) is 59.7 Å². The molecule has 0 atom stereocenters. The summed E-state index contributed by atoms with van der Waals surface area (Å²) in [6.07, 6.45) is 5.08. The largest absolute Gasteiger partial charge is 0.481 e. The number of carbonyl (C=O) groups excluding carboxylic acids is 2. The Labute approximate surface area is 164 Å². The lowest BCUT2D eigenvalue weighted by Crippen LogP contribution is -2.24. The van der Waals surface area contributed by atoms with E-state index in [-0.39, 0.29) is 24.2 Å². The summed E-state index contributed by atoms with van der Waals surface area (Å²) in [6.45, 7) is 0. The van der Waals surface area contributed by atoms with Crippen LogP contribution >= 0.6 is 0 Å². The predicted octanol–water partition coefficient (Wildman–Crippen LogP) is 4.08. The van der Waals surface area contributed by atoms with Crippen molar-refractivity contribution in [2.24, 2.45) is 5.92 Å². The van der Waals surface area contributed by atoms with Crippen LogP contribution in [0.5, 0.6) is 0 Å². The Morgan fingerprint density at radius 2 is 1.57 bits per heavy atom. The Hall–Kier alpha value is -3.15. The molecule has 0 radical (unpaired) electrons. The lowest BCUT2D eigenvalue weighted by atomic mass is 9.88. The number of hydrogen-bond acceptors (Lipinski definition) is 3. The van der Waals surface area contributed by atoms with Gasteiger partial charge in [-0.15, -0.1) is 0 Å².